The Bertz CT molecular complexity index is 1050. The number of urea groups is 1. The largest absolute Gasteiger partial charge is 0.323 e. The van der Waals surface area contributed by atoms with E-state index >= 15 is 0 Å². The SMILES string of the molecule is O=C(Nc1ccc2c(c1)CCC(=O)N2Cc1ccccc1)Nc1ccccc1F. The van der Waals surface area contributed by atoms with E-state index < -0.39 is 11.8 Å². The van der Waals surface area contributed by atoms with Crippen molar-refractivity contribution in [2.75, 3.05) is 15.5 Å². The summed E-state index contributed by atoms with van der Waals surface area (Å²) in [6, 6.07) is 20.7. The lowest BCUT2D eigenvalue weighted by atomic mass is 9.99. The molecular weight excluding hydrogens is 369 g/mol. The van der Waals surface area contributed by atoms with Crippen molar-refractivity contribution in [3.63, 3.8) is 0 Å². The summed E-state index contributed by atoms with van der Waals surface area (Å²) in [6.45, 7) is 0.507. The second-order valence-electron chi connectivity index (χ2n) is 6.87. The molecule has 0 aromatic heterocycles. The zero-order valence-electron chi connectivity index (χ0n) is 15.7. The van der Waals surface area contributed by atoms with E-state index in [-0.39, 0.29) is 11.6 Å². The van der Waals surface area contributed by atoms with Gasteiger partial charge in [0.25, 0.3) is 0 Å². The van der Waals surface area contributed by atoms with Crippen LogP contribution >= 0.6 is 0 Å². The molecule has 3 aromatic rings. The van der Waals surface area contributed by atoms with Gasteiger partial charge in [-0.15, -0.1) is 0 Å². The van der Waals surface area contributed by atoms with Crippen LogP contribution in [0.4, 0.5) is 26.2 Å². The Morgan fingerprint density at radius 2 is 1.69 bits per heavy atom. The Balaban J connectivity index is 1.50. The first-order chi connectivity index (χ1) is 14.1. The molecule has 0 aliphatic carbocycles. The molecule has 0 bridgehead atoms. The summed E-state index contributed by atoms with van der Waals surface area (Å²) < 4.78 is 13.7. The normalized spacial score (nSPS) is 13.0. The number of halogens is 1. The monoisotopic (exact) mass is 389 g/mol. The number of nitrogens with zero attached hydrogens (tertiary/aromatic N) is 1. The molecule has 0 saturated heterocycles. The number of hydrogen-bond donors (Lipinski definition) is 2. The van der Waals surface area contributed by atoms with Gasteiger partial charge in [0, 0.05) is 17.8 Å². The molecule has 0 unspecified atom stereocenters. The van der Waals surface area contributed by atoms with Crippen LogP contribution < -0.4 is 15.5 Å². The van der Waals surface area contributed by atoms with Gasteiger partial charge in [-0.25, -0.2) is 9.18 Å². The van der Waals surface area contributed by atoms with E-state index in [9.17, 15) is 14.0 Å². The van der Waals surface area contributed by atoms with Crippen molar-refractivity contribution >= 4 is 29.0 Å². The van der Waals surface area contributed by atoms with Crippen LogP contribution in [0, 0.1) is 5.82 Å². The van der Waals surface area contributed by atoms with Gasteiger partial charge in [0.2, 0.25) is 5.91 Å². The first kappa shape index (κ1) is 18.7. The fourth-order valence-electron chi connectivity index (χ4n) is 3.42. The number of hydrogen-bond acceptors (Lipinski definition) is 2. The summed E-state index contributed by atoms with van der Waals surface area (Å²) in [5.41, 5.74) is 3.60. The van der Waals surface area contributed by atoms with Gasteiger partial charge in [0.05, 0.1) is 12.2 Å². The summed E-state index contributed by atoms with van der Waals surface area (Å²) in [7, 11) is 0. The third kappa shape index (κ3) is 4.27. The lowest BCUT2D eigenvalue weighted by Crippen LogP contribution is -2.34. The average Bonchev–Trinajstić information content (AvgIpc) is 2.72. The summed E-state index contributed by atoms with van der Waals surface area (Å²) >= 11 is 0. The molecule has 3 amide bonds. The van der Waals surface area contributed by atoms with Gasteiger partial charge < -0.3 is 15.5 Å². The van der Waals surface area contributed by atoms with Crippen LogP contribution in [0.25, 0.3) is 0 Å². The Morgan fingerprint density at radius 3 is 2.48 bits per heavy atom. The summed E-state index contributed by atoms with van der Waals surface area (Å²) in [6.07, 6.45) is 1.04. The van der Waals surface area contributed by atoms with Gasteiger partial charge >= 0.3 is 6.03 Å². The predicted molar refractivity (Wildman–Crippen MR) is 111 cm³/mol. The molecule has 0 atom stereocenters. The van der Waals surface area contributed by atoms with E-state index in [1.807, 2.05) is 42.5 Å². The second kappa shape index (κ2) is 8.14. The molecule has 0 spiro atoms. The Labute approximate surface area is 168 Å². The number of benzene rings is 3. The highest BCUT2D eigenvalue weighted by Crippen LogP contribution is 2.31. The number of fused-ring (bicyclic) bond motifs is 1. The van der Waals surface area contributed by atoms with Gasteiger partial charge in [-0.2, -0.15) is 0 Å². The van der Waals surface area contributed by atoms with Crippen molar-refractivity contribution in [3.8, 4) is 0 Å². The zero-order chi connectivity index (χ0) is 20.2. The van der Waals surface area contributed by atoms with Crippen molar-refractivity contribution in [3.05, 3.63) is 89.7 Å². The quantitative estimate of drug-likeness (QED) is 0.663. The average molecular weight is 389 g/mol. The summed E-state index contributed by atoms with van der Waals surface area (Å²) in [5.74, 6) is -0.414. The van der Waals surface area contributed by atoms with Gasteiger partial charge in [0.1, 0.15) is 5.82 Å². The number of rotatable bonds is 4. The van der Waals surface area contributed by atoms with E-state index in [2.05, 4.69) is 10.6 Å². The maximum absolute atomic E-state index is 13.7. The Morgan fingerprint density at radius 1 is 0.931 bits per heavy atom. The van der Waals surface area contributed by atoms with Crippen LogP contribution in [0.3, 0.4) is 0 Å². The van der Waals surface area contributed by atoms with Crippen molar-refractivity contribution in [1.29, 1.82) is 0 Å². The molecule has 5 nitrogen and oxygen atoms in total. The smallest absolute Gasteiger partial charge is 0.308 e. The van der Waals surface area contributed by atoms with E-state index in [1.54, 1.807) is 23.1 Å². The number of para-hydroxylation sites is 1. The van der Waals surface area contributed by atoms with E-state index in [0.717, 1.165) is 16.8 Å². The third-order valence-electron chi connectivity index (χ3n) is 4.84. The minimum absolute atomic E-state index is 0.0827. The standard InChI is InChI=1S/C23H20FN3O2/c24-19-8-4-5-9-20(19)26-23(29)25-18-11-12-21-17(14-18)10-13-22(28)27(21)15-16-6-2-1-3-7-16/h1-9,11-12,14H,10,13,15H2,(H2,25,26,29). The van der Waals surface area contributed by atoms with Crippen LogP contribution in [-0.4, -0.2) is 11.9 Å². The van der Waals surface area contributed by atoms with Gasteiger partial charge in [-0.1, -0.05) is 42.5 Å². The minimum atomic E-state index is -0.525. The zero-order valence-corrected chi connectivity index (χ0v) is 15.7. The lowest BCUT2D eigenvalue weighted by molar-refractivity contribution is -0.119. The molecule has 0 radical (unpaired) electrons. The predicted octanol–water partition coefficient (Wildman–Crippen LogP) is 4.95. The van der Waals surface area contributed by atoms with E-state index in [4.69, 9.17) is 0 Å². The molecule has 0 fully saturated rings. The molecule has 3 aromatic carbocycles. The molecule has 2 N–H and O–H groups in total. The Kier molecular flexibility index (Phi) is 5.24. The van der Waals surface area contributed by atoms with Gasteiger partial charge in [-0.05, 0) is 47.9 Å². The number of anilines is 3. The molecule has 0 saturated carbocycles. The van der Waals surface area contributed by atoms with Crippen molar-refractivity contribution in [1.82, 2.24) is 0 Å². The highest BCUT2D eigenvalue weighted by molar-refractivity contribution is 6.01. The van der Waals surface area contributed by atoms with E-state index in [1.165, 1.54) is 12.1 Å². The molecule has 6 heteroatoms. The number of aryl methyl sites for hydroxylation is 1. The van der Waals surface area contributed by atoms with Crippen LogP contribution in [0.5, 0.6) is 0 Å². The molecule has 146 valence electrons. The molecule has 1 aliphatic rings. The van der Waals surface area contributed by atoms with Crippen molar-refractivity contribution < 1.29 is 14.0 Å². The minimum Gasteiger partial charge on any atom is -0.308 e. The fourth-order valence-corrected chi connectivity index (χ4v) is 3.42. The lowest BCUT2D eigenvalue weighted by Gasteiger charge is -2.30. The highest BCUT2D eigenvalue weighted by atomic mass is 19.1. The third-order valence-corrected chi connectivity index (χ3v) is 4.84. The first-order valence-corrected chi connectivity index (χ1v) is 9.40. The van der Waals surface area contributed by atoms with Crippen molar-refractivity contribution in [2.45, 2.75) is 19.4 Å². The first-order valence-electron chi connectivity index (χ1n) is 9.40. The number of amides is 3. The Hall–Kier alpha value is -3.67. The molecule has 1 heterocycles. The number of carbonyl (C=O) groups is 2. The van der Waals surface area contributed by atoms with Gasteiger partial charge in [0.15, 0.2) is 0 Å². The summed E-state index contributed by atoms with van der Waals surface area (Å²) in [4.78, 5) is 26.5. The summed E-state index contributed by atoms with van der Waals surface area (Å²) in [5, 5.41) is 5.22. The molecule has 1 aliphatic heterocycles. The van der Waals surface area contributed by atoms with Crippen LogP contribution in [0.15, 0.2) is 72.8 Å². The maximum Gasteiger partial charge on any atom is 0.323 e. The number of nitrogens with one attached hydrogen (secondary N) is 2. The highest BCUT2D eigenvalue weighted by Gasteiger charge is 2.24. The van der Waals surface area contributed by atoms with Crippen LogP contribution in [-0.2, 0) is 17.8 Å². The molecular formula is C23H20FN3O2. The second-order valence-corrected chi connectivity index (χ2v) is 6.87. The van der Waals surface area contributed by atoms with Gasteiger partial charge in [-0.3, -0.25) is 4.79 Å². The molecule has 29 heavy (non-hydrogen) atoms. The number of carbonyl (C=O) groups excluding carboxylic acids is 2. The van der Waals surface area contributed by atoms with Crippen LogP contribution in [0.2, 0.25) is 0 Å². The molecule has 4 rings (SSSR count). The van der Waals surface area contributed by atoms with E-state index in [0.29, 0.717) is 25.1 Å². The van der Waals surface area contributed by atoms with Crippen molar-refractivity contribution in [2.24, 2.45) is 0 Å². The van der Waals surface area contributed by atoms with Crippen LogP contribution in [0.1, 0.15) is 17.5 Å². The fraction of sp³-hybridized carbons (Fsp3) is 0.130. The maximum atomic E-state index is 13.7. The topological polar surface area (TPSA) is 61.4 Å².